The van der Waals surface area contributed by atoms with Gasteiger partial charge in [0.25, 0.3) is 5.69 Å². The Kier molecular flexibility index (Phi) is 4.02. The van der Waals surface area contributed by atoms with Crippen molar-refractivity contribution >= 4 is 21.2 Å². The van der Waals surface area contributed by atoms with E-state index in [4.69, 9.17) is 5.11 Å². The van der Waals surface area contributed by atoms with E-state index in [1.54, 1.807) is 0 Å². The number of hydrogen-bond acceptors (Lipinski definition) is 6. The van der Waals surface area contributed by atoms with Crippen LogP contribution in [0.15, 0.2) is 23.1 Å². The molecule has 2 N–H and O–H groups in total. The Labute approximate surface area is 98.1 Å². The normalized spacial score (nSPS) is 11.2. The highest BCUT2D eigenvalue weighted by molar-refractivity contribution is 7.90. The smallest absolute Gasteiger partial charge is 0.293 e. The summed E-state index contributed by atoms with van der Waals surface area (Å²) in [5.74, 6) is 0. The molecule has 0 atom stereocenters. The molecule has 0 fully saturated rings. The van der Waals surface area contributed by atoms with E-state index in [2.05, 4.69) is 5.32 Å². The average molecular weight is 260 g/mol. The van der Waals surface area contributed by atoms with Gasteiger partial charge in [0.15, 0.2) is 9.84 Å². The number of nitrogens with zero attached hydrogens (tertiary/aromatic N) is 1. The molecule has 94 valence electrons. The minimum atomic E-state index is -3.48. The SMILES string of the molecule is CS(=O)(=O)c1ccc(NCCO)c([N+](=O)[O-])c1. The summed E-state index contributed by atoms with van der Waals surface area (Å²) in [5.41, 5.74) is -0.155. The van der Waals surface area contributed by atoms with E-state index in [1.165, 1.54) is 12.1 Å². The van der Waals surface area contributed by atoms with Gasteiger partial charge in [-0.3, -0.25) is 10.1 Å². The first-order valence-electron chi connectivity index (χ1n) is 4.69. The van der Waals surface area contributed by atoms with Crippen molar-refractivity contribution in [3.05, 3.63) is 28.3 Å². The molecule has 0 radical (unpaired) electrons. The number of nitro groups is 1. The Hall–Kier alpha value is -1.67. The number of nitro benzene ring substituents is 1. The summed E-state index contributed by atoms with van der Waals surface area (Å²) >= 11 is 0. The third-order valence-electron chi connectivity index (χ3n) is 2.02. The molecule has 0 unspecified atom stereocenters. The molecule has 17 heavy (non-hydrogen) atoms. The molecule has 0 aliphatic carbocycles. The van der Waals surface area contributed by atoms with Crippen molar-refractivity contribution in [2.75, 3.05) is 24.7 Å². The largest absolute Gasteiger partial charge is 0.395 e. The fourth-order valence-corrected chi connectivity index (χ4v) is 1.87. The Balaban J connectivity index is 3.22. The van der Waals surface area contributed by atoms with Crippen LogP contribution in [-0.4, -0.2) is 37.9 Å². The van der Waals surface area contributed by atoms with E-state index >= 15 is 0 Å². The number of aliphatic hydroxyl groups is 1. The molecular weight excluding hydrogens is 248 g/mol. The topological polar surface area (TPSA) is 110 Å². The summed E-state index contributed by atoms with van der Waals surface area (Å²) in [7, 11) is -3.48. The van der Waals surface area contributed by atoms with E-state index < -0.39 is 14.8 Å². The van der Waals surface area contributed by atoms with Crippen molar-refractivity contribution in [2.24, 2.45) is 0 Å². The molecule has 7 nitrogen and oxygen atoms in total. The monoisotopic (exact) mass is 260 g/mol. The van der Waals surface area contributed by atoms with Gasteiger partial charge in [-0.05, 0) is 12.1 Å². The fraction of sp³-hybridized carbons (Fsp3) is 0.333. The molecule has 0 aliphatic heterocycles. The van der Waals surface area contributed by atoms with Gasteiger partial charge >= 0.3 is 0 Å². The number of nitrogens with one attached hydrogen (secondary N) is 1. The van der Waals surface area contributed by atoms with E-state index in [-0.39, 0.29) is 29.4 Å². The van der Waals surface area contributed by atoms with Crippen molar-refractivity contribution in [3.63, 3.8) is 0 Å². The standard InChI is InChI=1S/C9H12N2O5S/c1-17(15,16)7-2-3-8(10-4-5-12)9(6-7)11(13)14/h2-3,6,10,12H,4-5H2,1H3. The molecule has 0 spiro atoms. The van der Waals surface area contributed by atoms with Crippen LogP contribution >= 0.6 is 0 Å². The van der Waals surface area contributed by atoms with Gasteiger partial charge in [0.05, 0.1) is 16.4 Å². The van der Waals surface area contributed by atoms with E-state index in [0.29, 0.717) is 0 Å². The van der Waals surface area contributed by atoms with Crippen molar-refractivity contribution in [2.45, 2.75) is 4.90 Å². The van der Waals surface area contributed by atoms with Crippen LogP contribution in [0, 0.1) is 10.1 Å². The van der Waals surface area contributed by atoms with Crippen LogP contribution in [0.4, 0.5) is 11.4 Å². The third-order valence-corrected chi connectivity index (χ3v) is 3.13. The van der Waals surface area contributed by atoms with Gasteiger partial charge < -0.3 is 10.4 Å². The lowest BCUT2D eigenvalue weighted by Crippen LogP contribution is -2.08. The zero-order valence-electron chi connectivity index (χ0n) is 9.08. The van der Waals surface area contributed by atoms with Crippen molar-refractivity contribution in [1.29, 1.82) is 0 Å². The van der Waals surface area contributed by atoms with E-state index in [0.717, 1.165) is 12.3 Å². The molecule has 0 aliphatic rings. The van der Waals surface area contributed by atoms with Gasteiger partial charge in [-0.15, -0.1) is 0 Å². The van der Waals surface area contributed by atoms with Crippen LogP contribution in [-0.2, 0) is 9.84 Å². The Bertz CT molecular complexity index is 526. The quantitative estimate of drug-likeness (QED) is 0.586. The first kappa shape index (κ1) is 13.4. The maximum absolute atomic E-state index is 11.3. The minimum Gasteiger partial charge on any atom is -0.395 e. The number of anilines is 1. The molecule has 0 saturated carbocycles. The maximum atomic E-state index is 11.3. The first-order valence-corrected chi connectivity index (χ1v) is 6.58. The zero-order chi connectivity index (χ0) is 13.1. The Morgan fingerprint density at radius 2 is 2.12 bits per heavy atom. The average Bonchev–Trinajstić information content (AvgIpc) is 2.24. The van der Waals surface area contributed by atoms with Crippen LogP contribution in [0.2, 0.25) is 0 Å². The summed E-state index contributed by atoms with van der Waals surface area (Å²) < 4.78 is 22.5. The number of benzene rings is 1. The summed E-state index contributed by atoms with van der Waals surface area (Å²) in [5, 5.41) is 22.0. The lowest BCUT2D eigenvalue weighted by Gasteiger charge is -2.06. The predicted molar refractivity (Wildman–Crippen MR) is 61.8 cm³/mol. The number of hydrogen-bond donors (Lipinski definition) is 2. The summed E-state index contributed by atoms with van der Waals surface area (Å²) in [6.45, 7) is -0.0238. The van der Waals surface area contributed by atoms with E-state index in [1.807, 2.05) is 0 Å². The van der Waals surface area contributed by atoms with Crippen molar-refractivity contribution < 1.29 is 18.4 Å². The summed E-state index contributed by atoms with van der Waals surface area (Å²) in [6.07, 6.45) is 0.979. The lowest BCUT2D eigenvalue weighted by molar-refractivity contribution is -0.384. The van der Waals surface area contributed by atoms with E-state index in [9.17, 15) is 18.5 Å². The van der Waals surface area contributed by atoms with Crippen molar-refractivity contribution in [1.82, 2.24) is 0 Å². The summed E-state index contributed by atoms with van der Waals surface area (Å²) in [6, 6.07) is 3.58. The molecule has 0 amide bonds. The number of rotatable bonds is 5. The molecule has 0 heterocycles. The molecule has 0 bridgehead atoms. The van der Waals surface area contributed by atoms with Crippen LogP contribution in [0.5, 0.6) is 0 Å². The van der Waals surface area contributed by atoms with Gasteiger partial charge in [0.2, 0.25) is 0 Å². The molecule has 1 aromatic rings. The molecule has 0 saturated heterocycles. The molecule has 1 aromatic carbocycles. The second-order valence-corrected chi connectivity index (χ2v) is 5.37. The number of sulfone groups is 1. The third kappa shape index (κ3) is 3.40. The maximum Gasteiger partial charge on any atom is 0.293 e. The van der Waals surface area contributed by atoms with Gasteiger partial charge in [-0.1, -0.05) is 0 Å². The first-order chi connectivity index (χ1) is 7.86. The van der Waals surface area contributed by atoms with Crippen LogP contribution in [0.3, 0.4) is 0 Å². The molecular formula is C9H12N2O5S. The van der Waals surface area contributed by atoms with Gasteiger partial charge in [-0.2, -0.15) is 0 Å². The van der Waals surface area contributed by atoms with Crippen molar-refractivity contribution in [3.8, 4) is 0 Å². The Morgan fingerprint density at radius 3 is 2.59 bits per heavy atom. The molecule has 8 heteroatoms. The highest BCUT2D eigenvalue weighted by Crippen LogP contribution is 2.27. The van der Waals surface area contributed by atoms with Gasteiger partial charge in [-0.25, -0.2) is 8.42 Å². The van der Waals surface area contributed by atoms with Gasteiger partial charge in [0, 0.05) is 18.9 Å². The fourth-order valence-electron chi connectivity index (χ4n) is 1.23. The number of aliphatic hydroxyl groups excluding tert-OH is 1. The zero-order valence-corrected chi connectivity index (χ0v) is 9.90. The molecule has 0 aromatic heterocycles. The highest BCUT2D eigenvalue weighted by atomic mass is 32.2. The van der Waals surface area contributed by atoms with Crippen LogP contribution in [0.25, 0.3) is 0 Å². The molecule has 1 rings (SSSR count). The second-order valence-electron chi connectivity index (χ2n) is 3.36. The predicted octanol–water partition coefficient (Wildman–Crippen LogP) is 0.402. The van der Waals surface area contributed by atoms with Crippen LogP contribution in [0.1, 0.15) is 0 Å². The Morgan fingerprint density at radius 1 is 1.47 bits per heavy atom. The summed E-state index contributed by atoms with van der Waals surface area (Å²) in [4.78, 5) is 9.99. The second kappa shape index (κ2) is 5.11. The van der Waals surface area contributed by atoms with Gasteiger partial charge in [0.1, 0.15) is 5.69 Å². The lowest BCUT2D eigenvalue weighted by atomic mass is 10.2. The van der Waals surface area contributed by atoms with Crippen LogP contribution < -0.4 is 5.32 Å². The highest BCUT2D eigenvalue weighted by Gasteiger charge is 2.18. The minimum absolute atomic E-state index is 0.112.